The maximum Gasteiger partial charge on any atom is 0.174 e. The highest BCUT2D eigenvalue weighted by Gasteiger charge is 2.02. The molecule has 5 nitrogen and oxygen atoms in total. The molecule has 2 N–H and O–H groups in total. The van der Waals surface area contributed by atoms with Gasteiger partial charge in [-0.3, -0.25) is 0 Å². The molecule has 0 fully saturated rings. The lowest BCUT2D eigenvalue weighted by atomic mass is 10.2. The van der Waals surface area contributed by atoms with E-state index in [-0.39, 0.29) is 6.61 Å². The third-order valence-corrected chi connectivity index (χ3v) is 2.54. The van der Waals surface area contributed by atoms with Crippen molar-refractivity contribution in [1.29, 1.82) is 5.26 Å². The van der Waals surface area contributed by atoms with Gasteiger partial charge in [-0.25, -0.2) is 0 Å². The van der Waals surface area contributed by atoms with Gasteiger partial charge in [0.2, 0.25) is 0 Å². The van der Waals surface area contributed by atoms with Crippen LogP contribution in [0, 0.1) is 11.3 Å². The molecule has 0 aliphatic rings. The fourth-order valence-electron chi connectivity index (χ4n) is 1.64. The Labute approximate surface area is 113 Å². The molecule has 1 rings (SSSR count). The second-order valence-electron chi connectivity index (χ2n) is 4.17. The molecule has 0 spiro atoms. The summed E-state index contributed by atoms with van der Waals surface area (Å²) in [7, 11) is 1.57. The lowest BCUT2D eigenvalue weighted by Crippen LogP contribution is -2.23. The van der Waals surface area contributed by atoms with Crippen molar-refractivity contribution in [2.75, 3.05) is 26.9 Å². The molecule has 104 valence electrons. The van der Waals surface area contributed by atoms with Crippen molar-refractivity contribution < 1.29 is 14.6 Å². The number of benzene rings is 1. The van der Waals surface area contributed by atoms with Crippen molar-refractivity contribution in [2.24, 2.45) is 0 Å². The monoisotopic (exact) mass is 264 g/mol. The lowest BCUT2D eigenvalue weighted by molar-refractivity contribution is 0.0594. The summed E-state index contributed by atoms with van der Waals surface area (Å²) in [4.78, 5) is 0. The predicted molar refractivity (Wildman–Crippen MR) is 71.8 cm³/mol. The fraction of sp³-hybridized carbons (Fsp3) is 0.500. The zero-order chi connectivity index (χ0) is 13.9. The highest BCUT2D eigenvalue weighted by molar-refractivity contribution is 5.28. The van der Waals surface area contributed by atoms with E-state index in [1.54, 1.807) is 7.11 Å². The second-order valence-corrected chi connectivity index (χ2v) is 4.17. The Bertz CT molecular complexity index is 404. The summed E-state index contributed by atoms with van der Waals surface area (Å²) in [6.45, 7) is 1.83. The van der Waals surface area contributed by atoms with E-state index in [0.717, 1.165) is 5.56 Å². The van der Waals surface area contributed by atoms with Crippen LogP contribution in [0.5, 0.6) is 5.75 Å². The van der Waals surface area contributed by atoms with Crippen molar-refractivity contribution >= 4 is 0 Å². The van der Waals surface area contributed by atoms with Crippen molar-refractivity contribution in [3.05, 3.63) is 29.8 Å². The maximum absolute atomic E-state index is 9.47. The largest absolute Gasteiger partial charge is 0.479 e. The molecule has 0 aliphatic heterocycles. The van der Waals surface area contributed by atoms with Crippen LogP contribution < -0.4 is 10.1 Å². The number of nitrogens with zero attached hydrogens (tertiary/aromatic N) is 1. The molecule has 1 atom stereocenters. The van der Waals surface area contributed by atoms with E-state index in [1.807, 2.05) is 30.3 Å². The van der Waals surface area contributed by atoms with Crippen LogP contribution in [0.2, 0.25) is 0 Å². The molecule has 0 aromatic heterocycles. The highest BCUT2D eigenvalue weighted by atomic mass is 16.5. The summed E-state index contributed by atoms with van der Waals surface area (Å²) in [5, 5.41) is 21.2. The van der Waals surface area contributed by atoms with Gasteiger partial charge in [0, 0.05) is 13.7 Å². The van der Waals surface area contributed by atoms with E-state index >= 15 is 0 Å². The molecule has 19 heavy (non-hydrogen) atoms. The van der Waals surface area contributed by atoms with Crippen LogP contribution in [0.3, 0.4) is 0 Å². The van der Waals surface area contributed by atoms with Gasteiger partial charge in [-0.1, -0.05) is 12.1 Å². The van der Waals surface area contributed by atoms with Gasteiger partial charge in [0.1, 0.15) is 11.8 Å². The Morgan fingerprint density at radius 3 is 3.05 bits per heavy atom. The van der Waals surface area contributed by atoms with Crippen molar-refractivity contribution in [3.63, 3.8) is 0 Å². The number of aliphatic hydroxyl groups is 1. The van der Waals surface area contributed by atoms with Crippen LogP contribution in [0.25, 0.3) is 0 Å². The summed E-state index contributed by atoms with van der Waals surface area (Å²) < 4.78 is 10.1. The van der Waals surface area contributed by atoms with Crippen LogP contribution in [0.4, 0.5) is 0 Å². The van der Waals surface area contributed by atoms with Gasteiger partial charge < -0.3 is 19.9 Å². The number of hydrogen-bond acceptors (Lipinski definition) is 5. The second kappa shape index (κ2) is 9.34. The SMILES string of the molecule is COCC(O)CCNCc1cccc(OCC#N)c1. The van der Waals surface area contributed by atoms with E-state index < -0.39 is 6.10 Å². The smallest absolute Gasteiger partial charge is 0.174 e. The molecule has 1 aromatic carbocycles. The van der Waals surface area contributed by atoms with Gasteiger partial charge in [-0.2, -0.15) is 5.26 Å². The molecule has 0 bridgehead atoms. The first-order valence-electron chi connectivity index (χ1n) is 6.22. The van der Waals surface area contributed by atoms with Crippen LogP contribution >= 0.6 is 0 Å². The van der Waals surface area contributed by atoms with Gasteiger partial charge >= 0.3 is 0 Å². The standard InChI is InChI=1S/C14H20N2O3/c1-18-11-13(17)5-7-16-10-12-3-2-4-14(9-12)19-8-6-15/h2-4,9,13,16-17H,5,7-8,10-11H2,1H3. The molecule has 0 amide bonds. The number of rotatable bonds is 9. The summed E-state index contributed by atoms with van der Waals surface area (Å²) >= 11 is 0. The molecular weight excluding hydrogens is 244 g/mol. The minimum atomic E-state index is -0.428. The van der Waals surface area contributed by atoms with Crippen LogP contribution in [0.1, 0.15) is 12.0 Å². The average Bonchev–Trinajstić information content (AvgIpc) is 2.42. The zero-order valence-corrected chi connectivity index (χ0v) is 11.1. The van der Waals surface area contributed by atoms with Gasteiger partial charge in [0.05, 0.1) is 12.7 Å². The number of nitrogens with one attached hydrogen (secondary N) is 1. The molecule has 5 heteroatoms. The summed E-state index contributed by atoms with van der Waals surface area (Å²) in [5.74, 6) is 0.695. The summed E-state index contributed by atoms with van der Waals surface area (Å²) in [6, 6.07) is 9.53. The van der Waals surface area contributed by atoms with Crippen molar-refractivity contribution in [1.82, 2.24) is 5.32 Å². The summed E-state index contributed by atoms with van der Waals surface area (Å²) in [6.07, 6.45) is 0.223. The van der Waals surface area contributed by atoms with Gasteiger partial charge in [-0.05, 0) is 30.7 Å². The van der Waals surface area contributed by atoms with E-state index in [0.29, 0.717) is 31.9 Å². The molecular formula is C14H20N2O3. The quantitative estimate of drug-likeness (QED) is 0.653. The normalized spacial score (nSPS) is 11.8. The predicted octanol–water partition coefficient (Wildman–Crippen LogP) is 1.08. The minimum absolute atomic E-state index is 0.0556. The minimum Gasteiger partial charge on any atom is -0.479 e. The summed E-state index contributed by atoms with van der Waals surface area (Å²) in [5.41, 5.74) is 1.08. The lowest BCUT2D eigenvalue weighted by Gasteiger charge is -2.10. The number of nitriles is 1. The molecule has 0 aliphatic carbocycles. The molecule has 0 saturated carbocycles. The highest BCUT2D eigenvalue weighted by Crippen LogP contribution is 2.12. The van der Waals surface area contributed by atoms with Crippen LogP contribution in [0.15, 0.2) is 24.3 Å². The Morgan fingerprint density at radius 2 is 2.32 bits per heavy atom. The molecule has 1 aromatic rings. The number of hydrogen-bond donors (Lipinski definition) is 2. The topological polar surface area (TPSA) is 74.5 Å². The van der Waals surface area contributed by atoms with E-state index in [1.165, 1.54) is 0 Å². The Balaban J connectivity index is 2.27. The molecule has 0 radical (unpaired) electrons. The molecule has 1 unspecified atom stereocenters. The van der Waals surface area contributed by atoms with Crippen LogP contribution in [-0.4, -0.2) is 38.1 Å². The van der Waals surface area contributed by atoms with E-state index in [9.17, 15) is 5.11 Å². The van der Waals surface area contributed by atoms with Gasteiger partial charge in [0.15, 0.2) is 6.61 Å². The van der Waals surface area contributed by atoms with Gasteiger partial charge in [0.25, 0.3) is 0 Å². The number of aliphatic hydroxyl groups excluding tert-OH is 1. The fourth-order valence-corrected chi connectivity index (χ4v) is 1.64. The first-order chi connectivity index (χ1) is 9.26. The average molecular weight is 264 g/mol. The van der Waals surface area contributed by atoms with E-state index in [4.69, 9.17) is 14.7 Å². The first kappa shape index (κ1) is 15.4. The van der Waals surface area contributed by atoms with E-state index in [2.05, 4.69) is 5.32 Å². The molecule has 0 heterocycles. The number of methoxy groups -OCH3 is 1. The first-order valence-corrected chi connectivity index (χ1v) is 6.22. The number of ether oxygens (including phenoxy) is 2. The van der Waals surface area contributed by atoms with Crippen molar-refractivity contribution in [2.45, 2.75) is 19.1 Å². The Hall–Kier alpha value is -1.61. The third-order valence-electron chi connectivity index (χ3n) is 2.54. The van der Waals surface area contributed by atoms with Crippen molar-refractivity contribution in [3.8, 4) is 11.8 Å². The van der Waals surface area contributed by atoms with Crippen LogP contribution in [-0.2, 0) is 11.3 Å². The van der Waals surface area contributed by atoms with Gasteiger partial charge in [-0.15, -0.1) is 0 Å². The zero-order valence-electron chi connectivity index (χ0n) is 11.1. The molecule has 0 saturated heterocycles. The Kier molecular flexibility index (Phi) is 7.59. The Morgan fingerprint density at radius 1 is 1.47 bits per heavy atom. The third kappa shape index (κ3) is 6.77. The maximum atomic E-state index is 9.47.